The van der Waals surface area contributed by atoms with Crippen molar-refractivity contribution in [2.24, 2.45) is 0 Å². The number of ether oxygens (including phenoxy) is 3. The number of thioether (sulfide) groups is 1. The van der Waals surface area contributed by atoms with Gasteiger partial charge in [0.2, 0.25) is 5.88 Å². The summed E-state index contributed by atoms with van der Waals surface area (Å²) < 4.78 is 55.0. The van der Waals surface area contributed by atoms with E-state index in [2.05, 4.69) is 9.97 Å². The number of hydrogen-bond donors (Lipinski definition) is 0. The van der Waals surface area contributed by atoms with Gasteiger partial charge in [-0.25, -0.2) is 4.98 Å². The third-order valence-corrected chi connectivity index (χ3v) is 4.82. The van der Waals surface area contributed by atoms with Gasteiger partial charge in [-0.1, -0.05) is 58.2 Å². The number of aromatic nitrogens is 2. The van der Waals surface area contributed by atoms with Gasteiger partial charge < -0.3 is 14.2 Å². The van der Waals surface area contributed by atoms with Gasteiger partial charge in [-0.2, -0.15) is 18.2 Å². The van der Waals surface area contributed by atoms with E-state index in [0.29, 0.717) is 12.2 Å². The lowest BCUT2D eigenvalue weighted by Crippen LogP contribution is -2.11. The first-order chi connectivity index (χ1) is 14.6. The first-order valence-corrected chi connectivity index (χ1v) is 11.2. The minimum atomic E-state index is -4.59. The second-order valence-corrected chi connectivity index (χ2v) is 8.24. The summed E-state index contributed by atoms with van der Waals surface area (Å²) >= 11 is 24.3. The highest BCUT2D eigenvalue weighted by Crippen LogP contribution is 2.37. The van der Waals surface area contributed by atoms with Crippen molar-refractivity contribution in [1.82, 2.24) is 9.97 Å². The Morgan fingerprint density at radius 2 is 1.68 bits per heavy atom. The summed E-state index contributed by atoms with van der Waals surface area (Å²) in [6, 6.07) is 3.77. The van der Waals surface area contributed by atoms with Gasteiger partial charge >= 0.3 is 6.18 Å². The van der Waals surface area contributed by atoms with E-state index in [0.717, 1.165) is 17.8 Å². The van der Waals surface area contributed by atoms with Crippen molar-refractivity contribution in [1.29, 1.82) is 0 Å². The van der Waals surface area contributed by atoms with E-state index in [1.165, 1.54) is 18.2 Å². The van der Waals surface area contributed by atoms with Gasteiger partial charge in [-0.3, -0.25) is 0 Å². The van der Waals surface area contributed by atoms with Crippen molar-refractivity contribution in [3.05, 3.63) is 44.5 Å². The molecule has 0 N–H and O–H groups in total. The standard InChI is InChI=1S/C18H15Cl4F3N2O3S/c1-31-17-26-13(18(23,24)25)9-15(27-17)29-4-2-5-30-16-11(19)7-10(8-12(16)20)28-6-3-14(21)22/h3,7-9H,2,4-6H2,1H3. The third kappa shape index (κ3) is 8.65. The largest absolute Gasteiger partial charge is 0.490 e. The lowest BCUT2D eigenvalue weighted by molar-refractivity contribution is -0.141. The van der Waals surface area contributed by atoms with Crippen LogP contribution in [-0.2, 0) is 6.18 Å². The van der Waals surface area contributed by atoms with E-state index >= 15 is 0 Å². The summed E-state index contributed by atoms with van der Waals surface area (Å²) in [5.74, 6) is 0.466. The smallest absolute Gasteiger partial charge is 0.433 e. The zero-order chi connectivity index (χ0) is 23.0. The predicted molar refractivity (Wildman–Crippen MR) is 116 cm³/mol. The molecule has 5 nitrogen and oxygen atoms in total. The van der Waals surface area contributed by atoms with Crippen LogP contribution in [0.15, 0.2) is 33.9 Å². The van der Waals surface area contributed by atoms with Crippen LogP contribution < -0.4 is 14.2 Å². The van der Waals surface area contributed by atoms with Gasteiger partial charge in [0.1, 0.15) is 16.8 Å². The molecule has 0 radical (unpaired) electrons. The Hall–Kier alpha value is -1.26. The summed E-state index contributed by atoms with van der Waals surface area (Å²) in [4.78, 5) is 7.33. The van der Waals surface area contributed by atoms with E-state index in [9.17, 15) is 13.2 Å². The van der Waals surface area contributed by atoms with Crippen molar-refractivity contribution >= 4 is 58.2 Å². The number of halogens is 7. The fourth-order valence-corrected chi connectivity index (χ4v) is 3.16. The number of hydrogen-bond acceptors (Lipinski definition) is 6. The molecule has 0 saturated carbocycles. The van der Waals surface area contributed by atoms with Crippen LogP contribution in [0.3, 0.4) is 0 Å². The maximum Gasteiger partial charge on any atom is 0.433 e. The van der Waals surface area contributed by atoms with E-state index in [1.54, 1.807) is 6.26 Å². The zero-order valence-electron chi connectivity index (χ0n) is 15.8. The fraction of sp³-hybridized carbons (Fsp3) is 0.333. The van der Waals surface area contributed by atoms with Gasteiger partial charge in [-0.05, 0) is 12.3 Å². The molecule has 0 spiro atoms. The molecule has 0 bridgehead atoms. The average Bonchev–Trinajstić information content (AvgIpc) is 2.68. The number of rotatable bonds is 10. The molecule has 0 aliphatic rings. The fourth-order valence-electron chi connectivity index (χ4n) is 2.08. The average molecular weight is 538 g/mol. The normalized spacial score (nSPS) is 11.2. The summed E-state index contributed by atoms with van der Waals surface area (Å²) in [6.45, 7) is 0.338. The molecule has 2 aromatic rings. The Balaban J connectivity index is 1.88. The van der Waals surface area contributed by atoms with E-state index in [-0.39, 0.29) is 51.1 Å². The number of benzene rings is 1. The number of nitrogens with zero attached hydrogens (tertiary/aromatic N) is 2. The highest BCUT2D eigenvalue weighted by atomic mass is 35.5. The van der Waals surface area contributed by atoms with Crippen molar-refractivity contribution in [2.75, 3.05) is 26.1 Å². The quantitative estimate of drug-likeness (QED) is 0.183. The Kier molecular flexibility index (Phi) is 10.2. The van der Waals surface area contributed by atoms with Gasteiger partial charge in [0.15, 0.2) is 16.6 Å². The lowest BCUT2D eigenvalue weighted by atomic mass is 10.3. The van der Waals surface area contributed by atoms with Gasteiger partial charge in [-0.15, -0.1) is 0 Å². The second-order valence-electron chi connectivity index (χ2n) is 5.65. The molecule has 1 heterocycles. The van der Waals surface area contributed by atoms with Crippen LogP contribution in [0.4, 0.5) is 13.2 Å². The Labute approximate surface area is 200 Å². The zero-order valence-corrected chi connectivity index (χ0v) is 19.7. The predicted octanol–water partition coefficient (Wildman–Crippen LogP) is 7.07. The Morgan fingerprint density at radius 1 is 1.03 bits per heavy atom. The molecule has 0 aliphatic heterocycles. The molecule has 0 fully saturated rings. The van der Waals surface area contributed by atoms with Crippen molar-refractivity contribution in [2.45, 2.75) is 17.8 Å². The molecule has 0 amide bonds. The molecule has 13 heteroatoms. The maximum atomic E-state index is 12.9. The van der Waals surface area contributed by atoms with Crippen molar-refractivity contribution in [3.8, 4) is 17.4 Å². The van der Waals surface area contributed by atoms with Crippen molar-refractivity contribution < 1.29 is 27.4 Å². The molecule has 0 aliphatic carbocycles. The van der Waals surface area contributed by atoms with Gasteiger partial charge in [0.25, 0.3) is 0 Å². The van der Waals surface area contributed by atoms with Crippen LogP contribution in [0.2, 0.25) is 10.0 Å². The third-order valence-electron chi connectivity index (χ3n) is 3.40. The topological polar surface area (TPSA) is 53.5 Å². The first-order valence-electron chi connectivity index (χ1n) is 8.49. The van der Waals surface area contributed by atoms with E-state index in [1.807, 2.05) is 0 Å². The number of alkyl halides is 3. The lowest BCUT2D eigenvalue weighted by Gasteiger charge is -2.13. The van der Waals surface area contributed by atoms with Crippen LogP contribution in [0.25, 0.3) is 0 Å². The SMILES string of the molecule is CSc1nc(OCCCOc2c(Cl)cc(OCC=C(Cl)Cl)cc2Cl)cc(C(F)(F)F)n1. The highest BCUT2D eigenvalue weighted by molar-refractivity contribution is 7.98. The summed E-state index contributed by atoms with van der Waals surface area (Å²) in [5.41, 5.74) is -1.07. The summed E-state index contributed by atoms with van der Waals surface area (Å²) in [7, 11) is 0. The molecular weight excluding hydrogens is 523 g/mol. The highest BCUT2D eigenvalue weighted by Gasteiger charge is 2.34. The molecule has 31 heavy (non-hydrogen) atoms. The molecule has 2 rings (SSSR count). The second kappa shape index (κ2) is 12.1. The molecule has 170 valence electrons. The van der Waals surface area contributed by atoms with Crippen LogP contribution >= 0.6 is 58.2 Å². The first kappa shape index (κ1) is 26.0. The molecule has 0 atom stereocenters. The summed E-state index contributed by atoms with van der Waals surface area (Å²) in [5, 5.41) is 0.407. The van der Waals surface area contributed by atoms with Crippen molar-refractivity contribution in [3.63, 3.8) is 0 Å². The van der Waals surface area contributed by atoms with E-state index in [4.69, 9.17) is 60.6 Å². The van der Waals surface area contributed by atoms with Crippen LogP contribution in [-0.4, -0.2) is 36.0 Å². The molecule has 0 saturated heterocycles. The van der Waals surface area contributed by atoms with Crippen LogP contribution in [0, 0.1) is 0 Å². The van der Waals surface area contributed by atoms with Gasteiger partial charge in [0.05, 0.1) is 23.3 Å². The Bertz CT molecular complexity index is 905. The molecule has 1 aromatic heterocycles. The summed E-state index contributed by atoms with van der Waals surface area (Å²) in [6.07, 6.45) is -1.23. The van der Waals surface area contributed by atoms with Gasteiger partial charge in [0, 0.05) is 24.6 Å². The van der Waals surface area contributed by atoms with E-state index < -0.39 is 11.9 Å². The van der Waals surface area contributed by atoms with Crippen LogP contribution in [0.1, 0.15) is 12.1 Å². The minimum Gasteiger partial charge on any atom is -0.490 e. The monoisotopic (exact) mass is 536 g/mol. The van der Waals surface area contributed by atoms with Crippen LogP contribution in [0.5, 0.6) is 17.4 Å². The molecule has 0 unspecified atom stereocenters. The minimum absolute atomic E-state index is 0.0363. The molecular formula is C18H15Cl4F3N2O3S. The maximum absolute atomic E-state index is 12.9. The molecule has 1 aromatic carbocycles. The Morgan fingerprint density at radius 3 is 2.26 bits per heavy atom.